The zero-order valence-corrected chi connectivity index (χ0v) is 11.7. The molecular weight excluding hydrogens is 258 g/mol. The van der Waals surface area contributed by atoms with Crippen molar-refractivity contribution in [1.29, 1.82) is 0 Å². The fourth-order valence-electron chi connectivity index (χ4n) is 2.03. The second-order valence-corrected chi connectivity index (χ2v) is 4.89. The third-order valence-electron chi connectivity index (χ3n) is 3.35. The summed E-state index contributed by atoms with van der Waals surface area (Å²) in [6.45, 7) is 2.71. The van der Waals surface area contributed by atoms with E-state index in [4.69, 9.17) is 9.47 Å². The van der Waals surface area contributed by atoms with Crippen molar-refractivity contribution in [2.45, 2.75) is 38.7 Å². The third-order valence-corrected chi connectivity index (χ3v) is 3.35. The topological polar surface area (TPSA) is 67.8 Å². The lowest BCUT2D eigenvalue weighted by molar-refractivity contribution is -0.121. The smallest absolute Gasteiger partial charge is 0.231 e. The number of aliphatic hydroxyl groups excluding tert-OH is 1. The Morgan fingerprint density at radius 3 is 3.00 bits per heavy atom. The molecule has 1 amide bonds. The van der Waals surface area contributed by atoms with E-state index in [-0.39, 0.29) is 18.8 Å². The molecule has 0 fully saturated rings. The zero-order chi connectivity index (χ0) is 14.4. The van der Waals surface area contributed by atoms with Gasteiger partial charge in [0.1, 0.15) is 0 Å². The highest BCUT2D eigenvalue weighted by molar-refractivity contribution is 5.76. The molecule has 1 unspecified atom stereocenters. The number of aryl methyl sites for hydroxylation is 1. The molecule has 0 radical (unpaired) electrons. The molecule has 5 heteroatoms. The summed E-state index contributed by atoms with van der Waals surface area (Å²) < 4.78 is 10.5. The van der Waals surface area contributed by atoms with Crippen LogP contribution in [0.3, 0.4) is 0 Å². The van der Waals surface area contributed by atoms with Crippen LogP contribution in [0.15, 0.2) is 18.2 Å². The van der Waals surface area contributed by atoms with Gasteiger partial charge in [0.05, 0.1) is 6.10 Å². The lowest BCUT2D eigenvalue weighted by Gasteiger charge is -2.09. The van der Waals surface area contributed by atoms with Crippen LogP contribution in [0.2, 0.25) is 0 Å². The van der Waals surface area contributed by atoms with E-state index in [0.717, 1.165) is 17.1 Å². The SMILES string of the molecule is CCC(O)CCNC(=O)CCc1ccc2c(c1)OCO2. The van der Waals surface area contributed by atoms with E-state index in [1.165, 1.54) is 0 Å². The van der Waals surface area contributed by atoms with Gasteiger partial charge < -0.3 is 19.9 Å². The third kappa shape index (κ3) is 4.13. The normalized spacial score (nSPS) is 14.1. The van der Waals surface area contributed by atoms with E-state index >= 15 is 0 Å². The van der Waals surface area contributed by atoms with Crippen LogP contribution in [-0.2, 0) is 11.2 Å². The molecule has 1 heterocycles. The molecule has 1 aliphatic rings. The van der Waals surface area contributed by atoms with Crippen molar-refractivity contribution in [3.8, 4) is 11.5 Å². The second kappa shape index (κ2) is 7.14. The molecule has 0 bridgehead atoms. The van der Waals surface area contributed by atoms with E-state index in [2.05, 4.69) is 5.32 Å². The Morgan fingerprint density at radius 1 is 1.40 bits per heavy atom. The molecule has 1 aromatic carbocycles. The van der Waals surface area contributed by atoms with Crippen LogP contribution in [0, 0.1) is 0 Å². The number of benzene rings is 1. The molecule has 2 N–H and O–H groups in total. The van der Waals surface area contributed by atoms with Crippen molar-refractivity contribution in [1.82, 2.24) is 5.32 Å². The quantitative estimate of drug-likeness (QED) is 0.796. The highest BCUT2D eigenvalue weighted by Gasteiger charge is 2.13. The average molecular weight is 279 g/mol. The van der Waals surface area contributed by atoms with Gasteiger partial charge in [-0.2, -0.15) is 0 Å². The fraction of sp³-hybridized carbons (Fsp3) is 0.533. The molecule has 2 rings (SSSR count). The van der Waals surface area contributed by atoms with Crippen molar-refractivity contribution in [2.75, 3.05) is 13.3 Å². The van der Waals surface area contributed by atoms with Crippen LogP contribution in [0.1, 0.15) is 31.7 Å². The second-order valence-electron chi connectivity index (χ2n) is 4.89. The molecule has 1 aliphatic heterocycles. The predicted molar refractivity (Wildman–Crippen MR) is 74.8 cm³/mol. The van der Waals surface area contributed by atoms with Gasteiger partial charge in [-0.1, -0.05) is 13.0 Å². The van der Waals surface area contributed by atoms with Crippen LogP contribution < -0.4 is 14.8 Å². The van der Waals surface area contributed by atoms with E-state index in [1.807, 2.05) is 25.1 Å². The molecular formula is C15H21NO4. The van der Waals surface area contributed by atoms with Gasteiger partial charge in [-0.05, 0) is 37.0 Å². The summed E-state index contributed by atoms with van der Waals surface area (Å²) in [5.74, 6) is 1.51. The van der Waals surface area contributed by atoms with Crippen LogP contribution in [-0.4, -0.2) is 30.5 Å². The first kappa shape index (κ1) is 14.7. The number of carbonyl (C=O) groups excluding carboxylic acids is 1. The average Bonchev–Trinajstić information content (AvgIpc) is 2.92. The molecule has 1 aromatic rings. The lowest BCUT2D eigenvalue weighted by atomic mass is 10.1. The number of carbonyl (C=O) groups is 1. The number of rotatable bonds is 7. The Hall–Kier alpha value is -1.75. The number of aliphatic hydroxyl groups is 1. The summed E-state index contributed by atoms with van der Waals surface area (Å²) in [5.41, 5.74) is 1.05. The van der Waals surface area contributed by atoms with Crippen molar-refractivity contribution in [2.24, 2.45) is 0 Å². The van der Waals surface area contributed by atoms with Gasteiger partial charge in [-0.3, -0.25) is 4.79 Å². The maximum atomic E-state index is 11.7. The minimum absolute atomic E-state index is 0.00553. The molecule has 1 atom stereocenters. The van der Waals surface area contributed by atoms with Crippen LogP contribution in [0.5, 0.6) is 11.5 Å². The lowest BCUT2D eigenvalue weighted by Crippen LogP contribution is -2.27. The van der Waals surface area contributed by atoms with E-state index in [1.54, 1.807) is 0 Å². The minimum Gasteiger partial charge on any atom is -0.454 e. The van der Waals surface area contributed by atoms with Gasteiger partial charge >= 0.3 is 0 Å². The van der Waals surface area contributed by atoms with Crippen molar-refractivity contribution in [3.05, 3.63) is 23.8 Å². The summed E-state index contributed by atoms with van der Waals surface area (Å²) in [7, 11) is 0. The van der Waals surface area contributed by atoms with Gasteiger partial charge in [0.15, 0.2) is 11.5 Å². The van der Waals surface area contributed by atoms with Crippen molar-refractivity contribution < 1.29 is 19.4 Å². The number of ether oxygens (including phenoxy) is 2. The molecule has 0 aromatic heterocycles. The van der Waals surface area contributed by atoms with Crippen molar-refractivity contribution in [3.63, 3.8) is 0 Å². The first-order valence-electron chi connectivity index (χ1n) is 7.02. The molecule has 0 saturated heterocycles. The van der Waals surface area contributed by atoms with Crippen LogP contribution in [0.4, 0.5) is 0 Å². The summed E-state index contributed by atoms with van der Waals surface area (Å²) in [4.78, 5) is 11.7. The first-order chi connectivity index (χ1) is 9.69. The van der Waals surface area contributed by atoms with Crippen LogP contribution >= 0.6 is 0 Å². The largest absolute Gasteiger partial charge is 0.454 e. The highest BCUT2D eigenvalue weighted by atomic mass is 16.7. The standard InChI is InChI=1S/C15H21NO4/c1-2-12(17)7-8-16-15(18)6-4-11-3-5-13-14(9-11)20-10-19-13/h3,5,9,12,17H,2,4,6-8,10H2,1H3,(H,16,18). The van der Waals surface area contributed by atoms with Gasteiger partial charge in [0.25, 0.3) is 0 Å². The number of hydrogen-bond donors (Lipinski definition) is 2. The van der Waals surface area contributed by atoms with Gasteiger partial charge in [0, 0.05) is 13.0 Å². The maximum absolute atomic E-state index is 11.7. The Bertz CT molecular complexity index is 461. The number of nitrogens with one attached hydrogen (secondary N) is 1. The molecule has 110 valence electrons. The number of hydrogen-bond acceptors (Lipinski definition) is 4. The van der Waals surface area contributed by atoms with E-state index in [9.17, 15) is 9.90 Å². The Kier molecular flexibility index (Phi) is 5.24. The summed E-state index contributed by atoms with van der Waals surface area (Å²) >= 11 is 0. The molecule has 5 nitrogen and oxygen atoms in total. The fourth-order valence-corrected chi connectivity index (χ4v) is 2.03. The molecule has 0 spiro atoms. The van der Waals surface area contributed by atoms with Gasteiger partial charge in [-0.15, -0.1) is 0 Å². The maximum Gasteiger partial charge on any atom is 0.231 e. The molecule has 0 saturated carbocycles. The first-order valence-corrected chi connectivity index (χ1v) is 7.02. The summed E-state index contributed by atoms with van der Waals surface area (Å²) in [6.07, 6.45) is 2.09. The predicted octanol–water partition coefficient (Wildman–Crippen LogP) is 1.63. The Labute approximate surface area is 118 Å². The van der Waals surface area contributed by atoms with Crippen molar-refractivity contribution >= 4 is 5.91 Å². The van der Waals surface area contributed by atoms with Gasteiger partial charge in [-0.25, -0.2) is 0 Å². The number of fused-ring (bicyclic) bond motifs is 1. The van der Waals surface area contributed by atoms with E-state index < -0.39 is 0 Å². The Morgan fingerprint density at radius 2 is 2.20 bits per heavy atom. The summed E-state index contributed by atoms with van der Waals surface area (Å²) in [6, 6.07) is 5.73. The molecule has 20 heavy (non-hydrogen) atoms. The zero-order valence-electron chi connectivity index (χ0n) is 11.7. The van der Waals surface area contributed by atoms with Crippen LogP contribution in [0.25, 0.3) is 0 Å². The summed E-state index contributed by atoms with van der Waals surface area (Å²) in [5, 5.41) is 12.2. The minimum atomic E-state index is -0.329. The Balaban J connectivity index is 1.71. The van der Waals surface area contributed by atoms with Gasteiger partial charge in [0.2, 0.25) is 12.7 Å². The monoisotopic (exact) mass is 279 g/mol. The van der Waals surface area contributed by atoms with E-state index in [0.29, 0.717) is 32.2 Å². The number of amides is 1. The molecule has 0 aliphatic carbocycles. The highest BCUT2D eigenvalue weighted by Crippen LogP contribution is 2.32.